The third kappa shape index (κ3) is 2.38. The lowest BCUT2D eigenvalue weighted by Crippen LogP contribution is -2.13. The Morgan fingerprint density at radius 2 is 2.20 bits per heavy atom. The van der Waals surface area contributed by atoms with Crippen molar-refractivity contribution in [2.45, 2.75) is 13.3 Å². The minimum Gasteiger partial charge on any atom is -0.294 e. The molecule has 0 aliphatic heterocycles. The molecule has 0 bridgehead atoms. The number of nitrogens with zero attached hydrogens (tertiary/aromatic N) is 1. The van der Waals surface area contributed by atoms with E-state index in [1.807, 2.05) is 6.07 Å². The molecule has 0 aliphatic carbocycles. The van der Waals surface area contributed by atoms with Gasteiger partial charge in [-0.15, -0.1) is 0 Å². The Balaban J connectivity index is 3.02. The van der Waals surface area contributed by atoms with Crippen molar-refractivity contribution in [2.24, 2.45) is 5.92 Å². The summed E-state index contributed by atoms with van der Waals surface area (Å²) in [5, 5.41) is 8.39. The van der Waals surface area contributed by atoms with Gasteiger partial charge >= 0.3 is 0 Å². The number of ketones is 1. The number of benzene rings is 1. The van der Waals surface area contributed by atoms with Gasteiger partial charge in [-0.3, -0.25) is 4.79 Å². The Bertz CT molecular complexity index is 423. The molecule has 1 aromatic rings. The topological polar surface area (TPSA) is 40.9 Å². The lowest BCUT2D eigenvalue weighted by molar-refractivity contribution is 0.0926. The Labute approximate surface area is 86.1 Å². The summed E-state index contributed by atoms with van der Waals surface area (Å²) in [4.78, 5) is 11.5. The smallest absolute Gasteiger partial charge is 0.169 e. The van der Waals surface area contributed by atoms with Gasteiger partial charge in [0.15, 0.2) is 17.4 Å². The molecule has 0 amide bonds. The van der Waals surface area contributed by atoms with Gasteiger partial charge in [-0.05, 0) is 12.1 Å². The van der Waals surface area contributed by atoms with Gasteiger partial charge in [0.1, 0.15) is 0 Å². The summed E-state index contributed by atoms with van der Waals surface area (Å²) in [5.74, 6) is -3.36. The number of hydrogen-bond donors (Lipinski definition) is 0. The van der Waals surface area contributed by atoms with Gasteiger partial charge < -0.3 is 0 Å². The molecule has 0 aromatic heterocycles. The molecular formula is C11H9F2NO. The van der Waals surface area contributed by atoms with Crippen LogP contribution in [0.3, 0.4) is 0 Å². The largest absolute Gasteiger partial charge is 0.294 e. The Kier molecular flexibility index (Phi) is 3.51. The molecule has 0 aliphatic rings. The average molecular weight is 209 g/mol. The van der Waals surface area contributed by atoms with Gasteiger partial charge in [-0.1, -0.05) is 13.0 Å². The van der Waals surface area contributed by atoms with E-state index in [2.05, 4.69) is 0 Å². The molecule has 0 fully saturated rings. The number of rotatable bonds is 3. The normalized spacial score (nSPS) is 11.9. The van der Waals surface area contributed by atoms with Gasteiger partial charge in [0.05, 0.1) is 11.6 Å². The first-order valence-corrected chi connectivity index (χ1v) is 4.43. The van der Waals surface area contributed by atoms with Gasteiger partial charge in [-0.2, -0.15) is 5.26 Å². The highest BCUT2D eigenvalue weighted by atomic mass is 19.2. The molecule has 15 heavy (non-hydrogen) atoms. The second-order valence-corrected chi connectivity index (χ2v) is 3.23. The molecule has 0 N–H and O–H groups in total. The molecule has 1 atom stereocenters. The zero-order chi connectivity index (χ0) is 11.4. The predicted octanol–water partition coefficient (Wildman–Crippen LogP) is 2.70. The first-order chi connectivity index (χ1) is 7.07. The molecule has 2 nitrogen and oxygen atoms in total. The minimum atomic E-state index is -1.15. The fourth-order valence-corrected chi connectivity index (χ4v) is 1.19. The van der Waals surface area contributed by atoms with E-state index >= 15 is 0 Å². The fraction of sp³-hybridized carbons (Fsp3) is 0.273. The van der Waals surface area contributed by atoms with Crippen molar-refractivity contribution in [3.63, 3.8) is 0 Å². The molecule has 0 saturated carbocycles. The molecule has 78 valence electrons. The third-order valence-corrected chi connectivity index (χ3v) is 2.06. The second-order valence-electron chi connectivity index (χ2n) is 3.23. The van der Waals surface area contributed by atoms with Crippen LogP contribution in [0.4, 0.5) is 8.78 Å². The molecule has 0 spiro atoms. The summed E-state index contributed by atoms with van der Waals surface area (Å²) in [6.45, 7) is 1.51. The quantitative estimate of drug-likeness (QED) is 0.718. The van der Waals surface area contributed by atoms with E-state index in [0.717, 1.165) is 6.07 Å². The highest BCUT2D eigenvalue weighted by Crippen LogP contribution is 2.17. The molecular weight excluding hydrogens is 200 g/mol. The van der Waals surface area contributed by atoms with Crippen LogP contribution in [0.15, 0.2) is 18.2 Å². The summed E-state index contributed by atoms with van der Waals surface area (Å²) >= 11 is 0. The second kappa shape index (κ2) is 4.65. The van der Waals surface area contributed by atoms with E-state index in [1.165, 1.54) is 19.1 Å². The van der Waals surface area contributed by atoms with Crippen molar-refractivity contribution in [1.82, 2.24) is 0 Å². The Morgan fingerprint density at radius 1 is 1.53 bits per heavy atom. The summed E-state index contributed by atoms with van der Waals surface area (Å²) in [6, 6.07) is 5.25. The molecule has 0 heterocycles. The van der Waals surface area contributed by atoms with Crippen LogP contribution >= 0.6 is 0 Å². The van der Waals surface area contributed by atoms with E-state index in [1.54, 1.807) is 0 Å². The van der Waals surface area contributed by atoms with E-state index < -0.39 is 23.3 Å². The first-order valence-electron chi connectivity index (χ1n) is 4.43. The van der Waals surface area contributed by atoms with Crippen molar-refractivity contribution in [3.05, 3.63) is 35.4 Å². The maximum Gasteiger partial charge on any atom is 0.169 e. The number of carbonyl (C=O) groups excluding carboxylic acids is 1. The van der Waals surface area contributed by atoms with E-state index in [-0.39, 0.29) is 12.0 Å². The minimum absolute atomic E-state index is 0.00517. The van der Waals surface area contributed by atoms with Gasteiger partial charge in [-0.25, -0.2) is 8.78 Å². The summed E-state index contributed by atoms with van der Waals surface area (Å²) < 4.78 is 26.0. The standard InChI is InChI=1S/C11H9F2NO/c1-7(5-6-14)11(15)8-3-2-4-9(12)10(8)13/h2-4,7H,5H2,1H3. The van der Waals surface area contributed by atoms with Gasteiger partial charge in [0, 0.05) is 12.3 Å². The number of halogens is 2. The van der Waals surface area contributed by atoms with E-state index in [4.69, 9.17) is 5.26 Å². The van der Waals surface area contributed by atoms with Gasteiger partial charge in [0.25, 0.3) is 0 Å². The number of hydrogen-bond acceptors (Lipinski definition) is 2. The maximum atomic E-state index is 13.2. The fourth-order valence-electron chi connectivity index (χ4n) is 1.19. The highest BCUT2D eigenvalue weighted by molar-refractivity contribution is 5.98. The third-order valence-electron chi connectivity index (χ3n) is 2.06. The lowest BCUT2D eigenvalue weighted by atomic mass is 9.96. The zero-order valence-electron chi connectivity index (χ0n) is 8.13. The van der Waals surface area contributed by atoms with Crippen LogP contribution < -0.4 is 0 Å². The molecule has 1 unspecified atom stereocenters. The maximum absolute atomic E-state index is 13.2. The number of carbonyl (C=O) groups is 1. The van der Waals surface area contributed by atoms with Crippen LogP contribution in [0.1, 0.15) is 23.7 Å². The monoisotopic (exact) mass is 209 g/mol. The van der Waals surface area contributed by atoms with Crippen molar-refractivity contribution < 1.29 is 13.6 Å². The Morgan fingerprint density at radius 3 is 2.80 bits per heavy atom. The van der Waals surface area contributed by atoms with Crippen LogP contribution in [0.25, 0.3) is 0 Å². The SMILES string of the molecule is CC(CC#N)C(=O)c1cccc(F)c1F. The Hall–Kier alpha value is -1.76. The molecule has 1 aromatic carbocycles. The van der Waals surface area contributed by atoms with Crippen molar-refractivity contribution in [2.75, 3.05) is 0 Å². The number of Topliss-reactive ketones (excluding diaryl/α,β-unsaturated/α-hetero) is 1. The number of nitriles is 1. The average Bonchev–Trinajstić information content (AvgIpc) is 2.21. The van der Waals surface area contributed by atoms with Crippen molar-refractivity contribution in [3.8, 4) is 6.07 Å². The first kappa shape index (κ1) is 11.3. The summed E-state index contributed by atoms with van der Waals surface area (Å²) in [5.41, 5.74) is -0.294. The lowest BCUT2D eigenvalue weighted by Gasteiger charge is -2.07. The molecule has 4 heteroatoms. The van der Waals surface area contributed by atoms with Gasteiger partial charge in [0.2, 0.25) is 0 Å². The summed E-state index contributed by atoms with van der Waals surface area (Å²) in [6.07, 6.45) is -0.00517. The molecule has 1 rings (SSSR count). The van der Waals surface area contributed by atoms with Crippen molar-refractivity contribution >= 4 is 5.78 Å². The van der Waals surface area contributed by atoms with E-state index in [9.17, 15) is 13.6 Å². The highest BCUT2D eigenvalue weighted by Gasteiger charge is 2.20. The van der Waals surface area contributed by atoms with Crippen LogP contribution in [-0.4, -0.2) is 5.78 Å². The van der Waals surface area contributed by atoms with E-state index in [0.29, 0.717) is 0 Å². The van der Waals surface area contributed by atoms with Crippen LogP contribution in [0, 0.1) is 28.9 Å². The predicted molar refractivity (Wildman–Crippen MR) is 50.1 cm³/mol. The zero-order valence-corrected chi connectivity index (χ0v) is 8.13. The van der Waals surface area contributed by atoms with Crippen molar-refractivity contribution in [1.29, 1.82) is 5.26 Å². The molecule has 0 radical (unpaired) electrons. The summed E-state index contributed by atoms with van der Waals surface area (Å²) in [7, 11) is 0. The van der Waals surface area contributed by atoms with Crippen LogP contribution in [0.2, 0.25) is 0 Å². The van der Waals surface area contributed by atoms with Crippen LogP contribution in [-0.2, 0) is 0 Å². The molecule has 0 saturated heterocycles. The van der Waals surface area contributed by atoms with Crippen LogP contribution in [0.5, 0.6) is 0 Å².